The molecule has 0 saturated heterocycles. The Balaban J connectivity index is 0.898. The summed E-state index contributed by atoms with van der Waals surface area (Å²) in [5, 5.41) is 7.23. The van der Waals surface area contributed by atoms with Crippen LogP contribution in [-0.4, -0.2) is 9.13 Å². The van der Waals surface area contributed by atoms with Crippen molar-refractivity contribution in [1.82, 2.24) is 9.13 Å². The van der Waals surface area contributed by atoms with Gasteiger partial charge in [0, 0.05) is 67.0 Å². The number of anilines is 6. The summed E-state index contributed by atoms with van der Waals surface area (Å²) >= 11 is 0. The van der Waals surface area contributed by atoms with Crippen LogP contribution in [0.3, 0.4) is 0 Å². The molecule has 0 aliphatic carbocycles. The lowest BCUT2D eigenvalue weighted by molar-refractivity contribution is 1.18. The molecule has 4 nitrogen and oxygen atoms in total. The Labute approximate surface area is 389 Å². The van der Waals surface area contributed by atoms with Crippen molar-refractivity contribution in [2.45, 2.75) is 0 Å². The topological polar surface area (TPSA) is 16.3 Å². The number of rotatable bonds is 9. The summed E-state index contributed by atoms with van der Waals surface area (Å²) < 4.78 is 4.74. The molecule has 0 amide bonds. The summed E-state index contributed by atoms with van der Waals surface area (Å²) in [6.45, 7) is 0. The van der Waals surface area contributed by atoms with Gasteiger partial charge < -0.3 is 18.9 Å². The van der Waals surface area contributed by atoms with E-state index >= 15 is 0 Å². The van der Waals surface area contributed by atoms with Crippen LogP contribution in [0.1, 0.15) is 0 Å². The lowest BCUT2D eigenvalue weighted by Crippen LogP contribution is -2.10. The van der Waals surface area contributed by atoms with E-state index in [1.165, 1.54) is 54.2 Å². The molecule has 2 heterocycles. The third kappa shape index (κ3) is 7.04. The van der Waals surface area contributed by atoms with E-state index in [9.17, 15) is 0 Å². The molecule has 2 aromatic heterocycles. The van der Waals surface area contributed by atoms with Crippen molar-refractivity contribution < 1.29 is 0 Å². The maximum atomic E-state index is 2.80. The van der Waals surface area contributed by atoms with Crippen LogP contribution in [0.2, 0.25) is 0 Å². The first kappa shape index (κ1) is 39.8. The molecule has 0 aliphatic heterocycles. The molecule has 0 spiro atoms. The third-order valence-electron chi connectivity index (χ3n) is 12.7. The number of benzene rings is 10. The highest BCUT2D eigenvalue weighted by atomic mass is 31.0. The van der Waals surface area contributed by atoms with Gasteiger partial charge in [0.15, 0.2) is 0 Å². The highest BCUT2D eigenvalue weighted by molar-refractivity contribution is 7.27. The van der Waals surface area contributed by atoms with Gasteiger partial charge in [0.05, 0.1) is 22.1 Å². The van der Waals surface area contributed by atoms with Gasteiger partial charge in [0.2, 0.25) is 0 Å². The Bertz CT molecular complexity index is 3440. The molecule has 2 atom stereocenters. The molecular weight excluding hydrogens is 839 g/mol. The van der Waals surface area contributed by atoms with Crippen LogP contribution in [0.4, 0.5) is 34.1 Å². The van der Waals surface area contributed by atoms with Crippen LogP contribution in [0.15, 0.2) is 243 Å². The van der Waals surface area contributed by atoms with Gasteiger partial charge >= 0.3 is 0 Å². The molecule has 0 aliphatic rings. The predicted molar refractivity (Wildman–Crippen MR) is 289 cm³/mol. The average Bonchev–Trinajstić information content (AvgIpc) is 3.88. The Morgan fingerprint density at radius 3 is 0.970 bits per heavy atom. The van der Waals surface area contributed by atoms with E-state index in [0.29, 0.717) is 0 Å². The summed E-state index contributed by atoms with van der Waals surface area (Å²) in [5.74, 6) is 0. The largest absolute Gasteiger partial charge is 0.310 e. The molecule has 6 heteroatoms. The van der Waals surface area contributed by atoms with Crippen LogP contribution in [0, 0.1) is 0 Å². The fourth-order valence-corrected chi connectivity index (χ4v) is 10.0. The van der Waals surface area contributed by atoms with Crippen molar-refractivity contribution in [2.24, 2.45) is 0 Å². The van der Waals surface area contributed by atoms with E-state index in [1.54, 1.807) is 0 Å². The Kier molecular flexibility index (Phi) is 10.1. The molecule has 0 saturated carbocycles. The molecule has 66 heavy (non-hydrogen) atoms. The molecule has 0 radical (unpaired) electrons. The van der Waals surface area contributed by atoms with Gasteiger partial charge in [0.25, 0.3) is 0 Å². The number of nitrogens with zero attached hydrogens (tertiary/aromatic N) is 4. The number of aromatic nitrogens is 2. The van der Waals surface area contributed by atoms with E-state index < -0.39 is 0 Å². The number of para-hydroxylation sites is 4. The number of hydrogen-bond donors (Lipinski definition) is 0. The van der Waals surface area contributed by atoms with Crippen LogP contribution in [-0.2, 0) is 0 Å². The second-order valence-electron chi connectivity index (χ2n) is 16.7. The fourth-order valence-electron chi connectivity index (χ4n) is 9.66. The predicted octanol–water partition coefficient (Wildman–Crippen LogP) is 15.5. The first-order chi connectivity index (χ1) is 32.6. The van der Waals surface area contributed by atoms with Crippen LogP contribution in [0.5, 0.6) is 0 Å². The highest BCUT2D eigenvalue weighted by Gasteiger charge is 2.20. The van der Waals surface area contributed by atoms with E-state index in [2.05, 4.69) is 280 Å². The summed E-state index contributed by atoms with van der Waals surface area (Å²) in [7, 11) is 5.59. The van der Waals surface area contributed by atoms with Crippen molar-refractivity contribution in [3.05, 3.63) is 243 Å². The van der Waals surface area contributed by atoms with Gasteiger partial charge in [-0.25, -0.2) is 0 Å². The van der Waals surface area contributed by atoms with Gasteiger partial charge in [-0.2, -0.15) is 0 Å². The minimum absolute atomic E-state index is 1.09. The Hall–Kier alpha value is -7.74. The second-order valence-corrected chi connectivity index (χ2v) is 18.1. The quantitative estimate of drug-likeness (QED) is 0.134. The van der Waals surface area contributed by atoms with Crippen LogP contribution >= 0.6 is 18.5 Å². The molecule has 12 rings (SSSR count). The Morgan fingerprint density at radius 1 is 0.258 bits per heavy atom. The van der Waals surface area contributed by atoms with E-state index in [4.69, 9.17) is 0 Å². The number of hydrogen-bond acceptors (Lipinski definition) is 2. The highest BCUT2D eigenvalue weighted by Crippen LogP contribution is 2.42. The van der Waals surface area contributed by atoms with Gasteiger partial charge in [-0.3, -0.25) is 0 Å². The SMILES string of the molecule is Pc1ccc(-n2c3ccccc3c3cc(N(c4ccccc4)c4ccc(-c5ccc(N(c6ccccc6)c6ccc7c(c6)c6ccccc6n7-c6ccc(P)cc6)cc5)cc4)ccc32)cc1. The maximum absolute atomic E-state index is 2.80. The van der Waals surface area contributed by atoms with Crippen molar-refractivity contribution >= 4 is 107 Å². The van der Waals surface area contributed by atoms with Crippen molar-refractivity contribution in [3.8, 4) is 22.5 Å². The van der Waals surface area contributed by atoms with Crippen LogP contribution < -0.4 is 20.4 Å². The molecule has 0 fully saturated rings. The van der Waals surface area contributed by atoms with Crippen molar-refractivity contribution in [3.63, 3.8) is 0 Å². The van der Waals surface area contributed by atoms with E-state index in [0.717, 1.165) is 56.6 Å². The minimum atomic E-state index is 1.09. The molecule has 2 unspecified atom stereocenters. The van der Waals surface area contributed by atoms with Gasteiger partial charge in [-0.05, 0) is 143 Å². The average molecular weight is 883 g/mol. The third-order valence-corrected chi connectivity index (χ3v) is 13.5. The Morgan fingerprint density at radius 2 is 0.576 bits per heavy atom. The van der Waals surface area contributed by atoms with Gasteiger partial charge in [-0.1, -0.05) is 121 Å². The maximum Gasteiger partial charge on any atom is 0.0542 e. The molecule has 0 bridgehead atoms. The molecule has 314 valence electrons. The van der Waals surface area contributed by atoms with E-state index in [1.807, 2.05) is 0 Å². The molecule has 12 aromatic rings. The van der Waals surface area contributed by atoms with Gasteiger partial charge in [0.1, 0.15) is 0 Å². The number of fused-ring (bicyclic) bond motifs is 6. The molecule has 0 N–H and O–H groups in total. The lowest BCUT2D eigenvalue weighted by atomic mass is 10.0. The second kappa shape index (κ2) is 16.7. The molecular formula is C60H44N4P2. The zero-order valence-corrected chi connectivity index (χ0v) is 38.3. The van der Waals surface area contributed by atoms with Gasteiger partial charge in [-0.15, -0.1) is 18.5 Å². The monoisotopic (exact) mass is 882 g/mol. The summed E-state index contributed by atoms with van der Waals surface area (Å²) in [5.41, 5.74) is 16.0. The van der Waals surface area contributed by atoms with Crippen LogP contribution in [0.25, 0.3) is 66.1 Å². The molecule has 10 aromatic carbocycles. The normalized spacial score (nSPS) is 11.5. The summed E-state index contributed by atoms with van der Waals surface area (Å²) in [6, 6.07) is 87.8. The summed E-state index contributed by atoms with van der Waals surface area (Å²) in [4.78, 5) is 4.71. The van der Waals surface area contributed by atoms with Crippen molar-refractivity contribution in [1.29, 1.82) is 0 Å². The minimum Gasteiger partial charge on any atom is -0.310 e. The standard InChI is InChI=1S/C60H44N4P2/c65-51-33-27-47(28-34-51)63-57-17-9-7-15-53(57)55-39-49(31-37-59(55)63)61(43-11-3-1-4-12-43)45-23-19-41(20-24-45)42-21-25-46(26-22-42)62(44-13-5-2-6-14-44)50-32-38-60-56(40-50)54-16-8-10-18-58(54)64(60)48-29-35-52(66)36-30-48/h1-40H,65-66H2. The zero-order valence-electron chi connectivity index (χ0n) is 36.0. The summed E-state index contributed by atoms with van der Waals surface area (Å²) in [6.07, 6.45) is 0. The fraction of sp³-hybridized carbons (Fsp3) is 0. The van der Waals surface area contributed by atoms with E-state index in [-0.39, 0.29) is 0 Å². The zero-order chi connectivity index (χ0) is 44.1. The lowest BCUT2D eigenvalue weighted by Gasteiger charge is -2.26. The smallest absolute Gasteiger partial charge is 0.0542 e. The first-order valence-corrected chi connectivity index (χ1v) is 23.4. The first-order valence-electron chi connectivity index (χ1n) is 22.2. The van der Waals surface area contributed by atoms with Crippen molar-refractivity contribution in [2.75, 3.05) is 9.80 Å².